The van der Waals surface area contributed by atoms with Crippen LogP contribution in [-0.2, 0) is 27.9 Å². The zero-order chi connectivity index (χ0) is 53.3. The Morgan fingerprint density at radius 2 is 0.630 bits per heavy atom. The third-order valence-electron chi connectivity index (χ3n) is 15.2. The minimum atomic E-state index is -4.28. The van der Waals surface area contributed by atoms with Crippen molar-refractivity contribution in [1.29, 1.82) is 0 Å². The molecule has 1 unspecified atom stereocenters. The van der Waals surface area contributed by atoms with Crippen LogP contribution in [0, 0.1) is 0 Å². The molecule has 0 amide bonds. The number of ether oxygens (including phenoxy) is 2. The van der Waals surface area contributed by atoms with Crippen molar-refractivity contribution in [2.24, 2.45) is 0 Å². The number of hydrogen-bond acceptors (Lipinski definition) is 6. The highest BCUT2D eigenvalue weighted by molar-refractivity contribution is 7.47. The third-order valence-corrected chi connectivity index (χ3v) is 16.2. The standard InChI is InChI=1S/C64H130NO7P/c1-6-8-10-12-14-16-18-20-22-24-26-28-29-30-31-32-33-34-35-36-37-38-39-41-43-45-47-49-51-53-55-57-64(66)72-63(62-71-73(67,68)70-60-58-65(3,4)5)61-69-59-56-54-52-50-48-46-44-42-40-27-25-23-21-19-17-15-13-11-9-7-2/h63H,6-62H2,1-5H3/p+1/t63-/m1/s1. The van der Waals surface area contributed by atoms with E-state index in [0.29, 0.717) is 24.1 Å². The highest BCUT2D eigenvalue weighted by Crippen LogP contribution is 2.43. The molecule has 0 heterocycles. The van der Waals surface area contributed by atoms with Gasteiger partial charge < -0.3 is 18.9 Å². The maximum Gasteiger partial charge on any atom is 0.472 e. The van der Waals surface area contributed by atoms with Crippen molar-refractivity contribution < 1.29 is 37.3 Å². The molecule has 8 nitrogen and oxygen atoms in total. The number of unbranched alkanes of at least 4 members (excludes halogenated alkanes) is 49. The van der Waals surface area contributed by atoms with Gasteiger partial charge in [0.1, 0.15) is 19.3 Å². The average Bonchev–Trinajstić information content (AvgIpc) is 3.35. The van der Waals surface area contributed by atoms with Crippen LogP contribution < -0.4 is 0 Å². The number of phosphoric acid groups is 1. The lowest BCUT2D eigenvalue weighted by Gasteiger charge is -2.24. The highest BCUT2D eigenvalue weighted by atomic mass is 31.2. The Bertz CT molecular complexity index is 1130. The Hall–Kier alpha value is -0.500. The monoisotopic (exact) mass is 1060 g/mol. The van der Waals surface area contributed by atoms with Crippen molar-refractivity contribution >= 4 is 13.8 Å². The first-order valence-corrected chi connectivity index (χ1v) is 34.3. The predicted molar refractivity (Wildman–Crippen MR) is 317 cm³/mol. The number of likely N-dealkylation sites (N-methyl/N-ethyl adjacent to an activating group) is 1. The minimum Gasteiger partial charge on any atom is -0.457 e. The molecule has 0 saturated carbocycles. The predicted octanol–water partition coefficient (Wildman–Crippen LogP) is 21.1. The van der Waals surface area contributed by atoms with Crippen LogP contribution >= 0.6 is 7.82 Å². The van der Waals surface area contributed by atoms with Gasteiger partial charge in [0, 0.05) is 13.0 Å². The van der Waals surface area contributed by atoms with Gasteiger partial charge in [0.2, 0.25) is 0 Å². The number of nitrogens with zero attached hydrogens (tertiary/aromatic N) is 1. The van der Waals surface area contributed by atoms with Gasteiger partial charge in [-0.15, -0.1) is 0 Å². The van der Waals surface area contributed by atoms with Crippen LogP contribution in [0.2, 0.25) is 0 Å². The highest BCUT2D eigenvalue weighted by Gasteiger charge is 2.26. The Kier molecular flexibility index (Phi) is 57.3. The van der Waals surface area contributed by atoms with Gasteiger partial charge in [-0.2, -0.15) is 0 Å². The van der Waals surface area contributed by atoms with Crippen molar-refractivity contribution in [1.82, 2.24) is 0 Å². The molecule has 0 aromatic carbocycles. The molecule has 0 rings (SSSR count). The molecule has 0 aromatic heterocycles. The maximum atomic E-state index is 12.8. The fourth-order valence-electron chi connectivity index (χ4n) is 10.1. The first-order valence-electron chi connectivity index (χ1n) is 32.8. The normalized spacial score (nSPS) is 13.2. The van der Waals surface area contributed by atoms with E-state index in [4.69, 9.17) is 18.5 Å². The van der Waals surface area contributed by atoms with E-state index in [1.54, 1.807) is 0 Å². The molecule has 0 radical (unpaired) electrons. The Balaban J connectivity index is 3.89. The molecule has 0 saturated heterocycles. The fourth-order valence-corrected chi connectivity index (χ4v) is 10.9. The van der Waals surface area contributed by atoms with Crippen molar-refractivity contribution in [2.45, 2.75) is 354 Å². The lowest BCUT2D eigenvalue weighted by atomic mass is 10.0. The van der Waals surface area contributed by atoms with Crippen molar-refractivity contribution in [2.75, 3.05) is 54.1 Å². The summed E-state index contributed by atoms with van der Waals surface area (Å²) in [6.07, 6.45) is 69.2. The molecule has 0 aliphatic carbocycles. The molecular weight excluding hydrogens is 926 g/mol. The van der Waals surface area contributed by atoms with Gasteiger partial charge in [0.25, 0.3) is 0 Å². The van der Waals surface area contributed by atoms with Crippen LogP contribution in [0.5, 0.6) is 0 Å². The van der Waals surface area contributed by atoms with Crippen molar-refractivity contribution in [3.8, 4) is 0 Å². The number of rotatable bonds is 63. The Morgan fingerprint density at radius 3 is 0.904 bits per heavy atom. The van der Waals surface area contributed by atoms with Gasteiger partial charge in [0.15, 0.2) is 0 Å². The SMILES string of the molecule is CCCCCCCCCCCCCCCCCCCCCCCCCCCCCCCCCC(=O)O[C@H](COCCCCCCCCCCCCCCCCCCCCCC)COP(=O)(O)OCC[N+](C)(C)C. The second-order valence-corrected chi connectivity index (χ2v) is 25.3. The molecule has 9 heteroatoms. The van der Waals surface area contributed by atoms with Crippen molar-refractivity contribution in [3.05, 3.63) is 0 Å². The van der Waals surface area contributed by atoms with Gasteiger partial charge in [-0.05, 0) is 12.8 Å². The summed E-state index contributed by atoms with van der Waals surface area (Å²) in [4.78, 5) is 23.1. The smallest absolute Gasteiger partial charge is 0.457 e. The minimum absolute atomic E-state index is 0.0946. The van der Waals surface area contributed by atoms with E-state index in [9.17, 15) is 14.3 Å². The van der Waals surface area contributed by atoms with Gasteiger partial charge in [-0.25, -0.2) is 4.57 Å². The van der Waals surface area contributed by atoms with E-state index < -0.39 is 13.9 Å². The summed E-state index contributed by atoms with van der Waals surface area (Å²) < 4.78 is 35.4. The maximum absolute atomic E-state index is 12.8. The third kappa shape index (κ3) is 62.2. The lowest BCUT2D eigenvalue weighted by molar-refractivity contribution is -0.870. The van der Waals surface area contributed by atoms with Crippen LogP contribution in [-0.4, -0.2) is 75.6 Å². The summed E-state index contributed by atoms with van der Waals surface area (Å²) in [6, 6.07) is 0. The quantitative estimate of drug-likeness (QED) is 0.0281. The number of carbonyl (C=O) groups excluding carboxylic acids is 1. The molecular formula is C64H131NO7P+. The van der Waals surface area contributed by atoms with E-state index in [2.05, 4.69) is 13.8 Å². The van der Waals surface area contributed by atoms with Crippen LogP contribution in [0.15, 0.2) is 0 Å². The van der Waals surface area contributed by atoms with Gasteiger partial charge in [-0.3, -0.25) is 13.8 Å². The molecule has 73 heavy (non-hydrogen) atoms. The molecule has 438 valence electrons. The number of quaternary nitrogens is 1. The van der Waals surface area contributed by atoms with Crippen LogP contribution in [0.25, 0.3) is 0 Å². The topological polar surface area (TPSA) is 91.3 Å². The molecule has 0 bridgehead atoms. The van der Waals surface area contributed by atoms with E-state index in [-0.39, 0.29) is 25.8 Å². The number of carbonyl (C=O) groups is 1. The Morgan fingerprint density at radius 1 is 0.370 bits per heavy atom. The fraction of sp³-hybridized carbons (Fsp3) is 0.984. The molecule has 0 spiro atoms. The van der Waals surface area contributed by atoms with Crippen LogP contribution in [0.1, 0.15) is 348 Å². The first-order chi connectivity index (χ1) is 35.6. The van der Waals surface area contributed by atoms with Crippen molar-refractivity contribution in [3.63, 3.8) is 0 Å². The Labute approximate surface area is 457 Å². The van der Waals surface area contributed by atoms with E-state index in [1.807, 2.05) is 21.1 Å². The van der Waals surface area contributed by atoms with Crippen LogP contribution in [0.3, 0.4) is 0 Å². The molecule has 2 atom stereocenters. The summed E-state index contributed by atoms with van der Waals surface area (Å²) in [5, 5.41) is 0. The largest absolute Gasteiger partial charge is 0.472 e. The van der Waals surface area contributed by atoms with Crippen LogP contribution in [0.4, 0.5) is 0 Å². The van der Waals surface area contributed by atoms with E-state index >= 15 is 0 Å². The molecule has 0 aromatic rings. The zero-order valence-electron chi connectivity index (χ0n) is 50.2. The first kappa shape index (κ1) is 72.5. The molecule has 0 aliphatic heterocycles. The molecule has 1 N–H and O–H groups in total. The van der Waals surface area contributed by atoms with Gasteiger partial charge in [-0.1, -0.05) is 328 Å². The molecule has 0 aliphatic rings. The average molecular weight is 1060 g/mol. The lowest BCUT2D eigenvalue weighted by Crippen LogP contribution is -2.37. The second kappa shape index (κ2) is 57.7. The zero-order valence-corrected chi connectivity index (χ0v) is 51.1. The number of phosphoric ester groups is 1. The number of hydrogen-bond donors (Lipinski definition) is 1. The summed E-state index contributed by atoms with van der Waals surface area (Å²) >= 11 is 0. The summed E-state index contributed by atoms with van der Waals surface area (Å²) in [5.41, 5.74) is 0. The molecule has 0 fully saturated rings. The second-order valence-electron chi connectivity index (χ2n) is 23.9. The van der Waals surface area contributed by atoms with Gasteiger partial charge in [0.05, 0.1) is 34.4 Å². The summed E-state index contributed by atoms with van der Waals surface area (Å²) in [6.45, 7) is 5.73. The van der Waals surface area contributed by atoms with Gasteiger partial charge >= 0.3 is 13.8 Å². The summed E-state index contributed by atoms with van der Waals surface area (Å²) in [5.74, 6) is -0.301. The van der Waals surface area contributed by atoms with E-state index in [0.717, 1.165) is 32.1 Å². The summed E-state index contributed by atoms with van der Waals surface area (Å²) in [7, 11) is 1.70. The van der Waals surface area contributed by atoms with E-state index in [1.165, 1.54) is 295 Å². The number of esters is 1.